The molecule has 0 spiro atoms. The first kappa shape index (κ1) is 23.8. The van der Waals surface area contributed by atoms with Crippen molar-refractivity contribution < 1.29 is 4.42 Å². The highest BCUT2D eigenvalue weighted by atomic mass is 16.3. The normalized spacial score (nSPS) is 11.7. The highest BCUT2D eigenvalue weighted by Gasteiger charge is 2.16. The van der Waals surface area contributed by atoms with Gasteiger partial charge in [0.15, 0.2) is 17.5 Å². The molecule has 4 heteroatoms. The van der Waals surface area contributed by atoms with Crippen molar-refractivity contribution in [2.45, 2.75) is 0 Å². The summed E-state index contributed by atoms with van der Waals surface area (Å²) >= 11 is 0. The second kappa shape index (κ2) is 9.33. The zero-order valence-corrected chi connectivity index (χ0v) is 23.0. The fourth-order valence-corrected chi connectivity index (χ4v) is 6.27. The van der Waals surface area contributed by atoms with Gasteiger partial charge in [-0.15, -0.1) is 0 Å². The first-order chi connectivity index (χ1) is 21.3. The van der Waals surface area contributed by atoms with Crippen molar-refractivity contribution in [3.8, 4) is 34.2 Å². The molecule has 0 unspecified atom stereocenters. The van der Waals surface area contributed by atoms with E-state index in [9.17, 15) is 0 Å². The minimum absolute atomic E-state index is 0.644. The lowest BCUT2D eigenvalue weighted by Crippen LogP contribution is -2.00. The lowest BCUT2D eigenvalue weighted by atomic mass is 9.96. The molecule has 0 aliphatic rings. The van der Waals surface area contributed by atoms with E-state index in [0.717, 1.165) is 54.8 Å². The van der Waals surface area contributed by atoms with Crippen molar-refractivity contribution in [1.82, 2.24) is 15.0 Å². The van der Waals surface area contributed by atoms with E-state index in [4.69, 9.17) is 19.4 Å². The first-order valence-electron chi connectivity index (χ1n) is 14.4. The average molecular weight is 550 g/mol. The van der Waals surface area contributed by atoms with Gasteiger partial charge in [-0.3, -0.25) is 0 Å². The molecule has 0 radical (unpaired) electrons. The minimum Gasteiger partial charge on any atom is -0.456 e. The summed E-state index contributed by atoms with van der Waals surface area (Å²) < 4.78 is 6.22. The molecule has 0 amide bonds. The molecule has 43 heavy (non-hydrogen) atoms. The standard InChI is InChI=1S/C39H23N3O/c1-2-10-26(11-3-1)37-40-38(42-39(41-37)31-15-8-12-24-9-4-5-13-29(24)31)28-19-21-30-27(23-28)18-17-25-20-22-34-36(35(25)30)32-14-6-7-16-33(32)43-34/h1-23H. The molecular formula is C39H23N3O. The molecule has 9 rings (SSSR count). The van der Waals surface area contributed by atoms with Crippen LogP contribution in [0.15, 0.2) is 144 Å². The summed E-state index contributed by atoms with van der Waals surface area (Å²) in [6, 6.07) is 48.1. The van der Waals surface area contributed by atoms with E-state index in [1.54, 1.807) is 0 Å². The van der Waals surface area contributed by atoms with Crippen LogP contribution in [0.5, 0.6) is 0 Å². The van der Waals surface area contributed by atoms with Crippen molar-refractivity contribution >= 4 is 54.3 Å². The predicted molar refractivity (Wildman–Crippen MR) is 176 cm³/mol. The summed E-state index contributed by atoms with van der Waals surface area (Å²) in [4.78, 5) is 15.0. The first-order valence-corrected chi connectivity index (χ1v) is 14.4. The number of benzene rings is 7. The monoisotopic (exact) mass is 549 g/mol. The summed E-state index contributed by atoms with van der Waals surface area (Å²) in [7, 11) is 0. The van der Waals surface area contributed by atoms with Crippen molar-refractivity contribution in [1.29, 1.82) is 0 Å². The SMILES string of the molecule is c1ccc(-c2nc(-c3ccc4c(ccc5ccc6oc7ccccc7c6c54)c3)nc(-c3cccc4ccccc34)n2)cc1. The molecule has 0 aliphatic carbocycles. The number of aromatic nitrogens is 3. The molecule has 4 nitrogen and oxygen atoms in total. The molecular weight excluding hydrogens is 526 g/mol. The number of hydrogen-bond acceptors (Lipinski definition) is 4. The Kier molecular flexibility index (Phi) is 5.16. The van der Waals surface area contributed by atoms with E-state index in [2.05, 4.69) is 97.1 Å². The van der Waals surface area contributed by atoms with Crippen molar-refractivity contribution in [3.05, 3.63) is 140 Å². The van der Waals surface area contributed by atoms with Crippen LogP contribution in [-0.4, -0.2) is 15.0 Å². The zero-order valence-electron chi connectivity index (χ0n) is 23.0. The number of nitrogens with zero attached hydrogens (tertiary/aromatic N) is 3. The second-order valence-electron chi connectivity index (χ2n) is 10.8. The van der Waals surface area contributed by atoms with Crippen LogP contribution in [0.2, 0.25) is 0 Å². The maximum Gasteiger partial charge on any atom is 0.164 e. The second-order valence-corrected chi connectivity index (χ2v) is 10.8. The Morgan fingerprint density at radius 3 is 1.98 bits per heavy atom. The maximum absolute atomic E-state index is 6.22. The van der Waals surface area contributed by atoms with E-state index in [-0.39, 0.29) is 0 Å². The third kappa shape index (κ3) is 3.81. The predicted octanol–water partition coefficient (Wildman–Crippen LogP) is 10.2. The summed E-state index contributed by atoms with van der Waals surface area (Å²) in [6.45, 7) is 0. The molecule has 7 aromatic carbocycles. The Balaban J connectivity index is 1.29. The van der Waals surface area contributed by atoms with Crippen molar-refractivity contribution in [3.63, 3.8) is 0 Å². The molecule has 2 heterocycles. The Morgan fingerprint density at radius 2 is 1.07 bits per heavy atom. The van der Waals surface area contributed by atoms with Crippen LogP contribution in [0.25, 0.3) is 88.4 Å². The Hall–Kier alpha value is -5.87. The van der Waals surface area contributed by atoms with E-state index >= 15 is 0 Å². The summed E-state index contributed by atoms with van der Waals surface area (Å²) in [5, 5.41) is 9.22. The number of rotatable bonds is 3. The molecule has 0 N–H and O–H groups in total. The molecule has 0 bridgehead atoms. The number of hydrogen-bond donors (Lipinski definition) is 0. The smallest absolute Gasteiger partial charge is 0.164 e. The third-order valence-electron chi connectivity index (χ3n) is 8.30. The Labute approximate surface area is 246 Å². The molecule has 0 aliphatic heterocycles. The van der Waals surface area contributed by atoms with Crippen LogP contribution < -0.4 is 0 Å². The van der Waals surface area contributed by atoms with Gasteiger partial charge < -0.3 is 4.42 Å². The van der Waals surface area contributed by atoms with Gasteiger partial charge in [-0.2, -0.15) is 0 Å². The molecule has 200 valence electrons. The molecule has 0 atom stereocenters. The van der Waals surface area contributed by atoms with Crippen LogP contribution in [0.3, 0.4) is 0 Å². The minimum atomic E-state index is 0.644. The zero-order chi connectivity index (χ0) is 28.3. The van der Waals surface area contributed by atoms with E-state index in [1.165, 1.54) is 16.2 Å². The fraction of sp³-hybridized carbons (Fsp3) is 0. The fourth-order valence-electron chi connectivity index (χ4n) is 6.27. The molecule has 0 fully saturated rings. The van der Waals surface area contributed by atoms with E-state index < -0.39 is 0 Å². The highest BCUT2D eigenvalue weighted by molar-refractivity contribution is 6.26. The van der Waals surface area contributed by atoms with Gasteiger partial charge in [0, 0.05) is 32.8 Å². The number of fused-ring (bicyclic) bond motifs is 8. The maximum atomic E-state index is 6.22. The van der Waals surface area contributed by atoms with Crippen LogP contribution in [0.4, 0.5) is 0 Å². The van der Waals surface area contributed by atoms with Crippen molar-refractivity contribution in [2.24, 2.45) is 0 Å². The summed E-state index contributed by atoms with van der Waals surface area (Å²) in [5.41, 5.74) is 4.68. The quantitative estimate of drug-likeness (QED) is 0.206. The van der Waals surface area contributed by atoms with Crippen LogP contribution in [0.1, 0.15) is 0 Å². The van der Waals surface area contributed by atoms with E-state index in [0.29, 0.717) is 17.5 Å². The lowest BCUT2D eigenvalue weighted by Gasteiger charge is -2.11. The summed E-state index contributed by atoms with van der Waals surface area (Å²) in [6.07, 6.45) is 0. The van der Waals surface area contributed by atoms with Gasteiger partial charge in [0.2, 0.25) is 0 Å². The largest absolute Gasteiger partial charge is 0.456 e. The van der Waals surface area contributed by atoms with Gasteiger partial charge in [-0.25, -0.2) is 15.0 Å². The van der Waals surface area contributed by atoms with Crippen LogP contribution in [0, 0.1) is 0 Å². The van der Waals surface area contributed by atoms with Gasteiger partial charge in [-0.05, 0) is 45.1 Å². The molecule has 0 saturated carbocycles. The Morgan fingerprint density at radius 1 is 0.372 bits per heavy atom. The topological polar surface area (TPSA) is 51.8 Å². The lowest BCUT2D eigenvalue weighted by molar-refractivity contribution is 0.669. The van der Waals surface area contributed by atoms with Gasteiger partial charge in [-0.1, -0.05) is 121 Å². The molecule has 0 saturated heterocycles. The van der Waals surface area contributed by atoms with E-state index in [1.807, 2.05) is 42.5 Å². The van der Waals surface area contributed by atoms with Gasteiger partial charge >= 0.3 is 0 Å². The molecule has 9 aromatic rings. The van der Waals surface area contributed by atoms with Crippen LogP contribution >= 0.6 is 0 Å². The Bertz CT molecular complexity index is 2510. The van der Waals surface area contributed by atoms with Gasteiger partial charge in [0.25, 0.3) is 0 Å². The van der Waals surface area contributed by atoms with Gasteiger partial charge in [0.1, 0.15) is 11.2 Å². The highest BCUT2D eigenvalue weighted by Crippen LogP contribution is 2.39. The van der Waals surface area contributed by atoms with Gasteiger partial charge in [0.05, 0.1) is 0 Å². The van der Waals surface area contributed by atoms with Crippen LogP contribution in [-0.2, 0) is 0 Å². The molecule has 2 aromatic heterocycles. The average Bonchev–Trinajstić information content (AvgIpc) is 3.47. The summed E-state index contributed by atoms with van der Waals surface area (Å²) in [5.74, 6) is 1.95. The number of furan rings is 1. The van der Waals surface area contributed by atoms with Crippen molar-refractivity contribution in [2.75, 3.05) is 0 Å². The number of para-hydroxylation sites is 1. The third-order valence-corrected chi connectivity index (χ3v) is 8.30.